The van der Waals surface area contributed by atoms with Crippen molar-refractivity contribution >= 4 is 23.2 Å². The van der Waals surface area contributed by atoms with Crippen LogP contribution in [0.1, 0.15) is 0 Å². The van der Waals surface area contributed by atoms with Gasteiger partial charge in [0, 0.05) is 23.8 Å². The van der Waals surface area contributed by atoms with Crippen molar-refractivity contribution in [3.8, 4) is 17.2 Å². The van der Waals surface area contributed by atoms with Crippen molar-refractivity contribution in [2.45, 2.75) is 0 Å². The number of rotatable bonds is 4. The highest BCUT2D eigenvalue weighted by atomic mass is 35.5. The van der Waals surface area contributed by atoms with Gasteiger partial charge in [-0.1, -0.05) is 11.6 Å². The Hall–Kier alpha value is -2.40. The van der Waals surface area contributed by atoms with Gasteiger partial charge < -0.3 is 19.1 Å². The van der Waals surface area contributed by atoms with Gasteiger partial charge in [0.1, 0.15) is 19.0 Å². The molecular weight excluding hydrogens is 318 g/mol. The predicted molar refractivity (Wildman–Crippen MR) is 87.8 cm³/mol. The first-order valence-corrected chi connectivity index (χ1v) is 7.56. The first kappa shape index (κ1) is 15.5. The first-order chi connectivity index (χ1) is 11.1. The lowest BCUT2D eigenvalue weighted by Crippen LogP contribution is -2.31. The van der Waals surface area contributed by atoms with E-state index in [1.807, 2.05) is 6.07 Å². The van der Waals surface area contributed by atoms with Crippen molar-refractivity contribution in [2.75, 3.05) is 31.8 Å². The monoisotopic (exact) mass is 333 g/mol. The van der Waals surface area contributed by atoms with Gasteiger partial charge in [0.2, 0.25) is 0 Å². The standard InChI is InChI=1S/C17H16ClNO4/c1-19(13-4-7-15-16(10-13)22-9-8-21-15)17(20)11-23-14-5-2-12(18)3-6-14/h2-7,10H,8-9,11H2,1H3. The summed E-state index contributed by atoms with van der Waals surface area (Å²) in [5, 5.41) is 0.622. The van der Waals surface area contributed by atoms with Crippen LogP contribution in [0, 0.1) is 0 Å². The average molecular weight is 334 g/mol. The summed E-state index contributed by atoms with van der Waals surface area (Å²) in [5.74, 6) is 1.76. The second kappa shape index (κ2) is 6.79. The number of ether oxygens (including phenoxy) is 3. The molecule has 1 heterocycles. The van der Waals surface area contributed by atoms with Gasteiger partial charge in [-0.3, -0.25) is 4.79 Å². The molecule has 0 spiro atoms. The van der Waals surface area contributed by atoms with Crippen LogP contribution in [0.15, 0.2) is 42.5 Å². The van der Waals surface area contributed by atoms with Crippen LogP contribution in [0.3, 0.4) is 0 Å². The molecule has 0 bridgehead atoms. The van der Waals surface area contributed by atoms with Crippen molar-refractivity contribution in [3.05, 3.63) is 47.5 Å². The fourth-order valence-electron chi connectivity index (χ4n) is 2.16. The summed E-state index contributed by atoms with van der Waals surface area (Å²) in [6, 6.07) is 12.3. The number of hydrogen-bond acceptors (Lipinski definition) is 4. The normalized spacial score (nSPS) is 12.6. The van der Waals surface area contributed by atoms with Gasteiger partial charge in [-0.05, 0) is 36.4 Å². The summed E-state index contributed by atoms with van der Waals surface area (Å²) in [6.07, 6.45) is 0. The van der Waals surface area contributed by atoms with E-state index in [0.717, 1.165) is 5.69 Å². The van der Waals surface area contributed by atoms with Gasteiger partial charge in [0.25, 0.3) is 5.91 Å². The number of likely N-dealkylation sites (N-methyl/N-ethyl adjacent to an activating group) is 1. The zero-order valence-electron chi connectivity index (χ0n) is 12.6. The highest BCUT2D eigenvalue weighted by Crippen LogP contribution is 2.33. The minimum atomic E-state index is -0.170. The molecule has 0 fully saturated rings. The Kier molecular flexibility index (Phi) is 4.57. The Balaban J connectivity index is 1.64. The number of benzene rings is 2. The maximum absolute atomic E-state index is 12.3. The van der Waals surface area contributed by atoms with Crippen molar-refractivity contribution < 1.29 is 19.0 Å². The van der Waals surface area contributed by atoms with Crippen LogP contribution >= 0.6 is 11.6 Å². The molecule has 0 saturated carbocycles. The van der Waals surface area contributed by atoms with Crippen LogP contribution in [-0.4, -0.2) is 32.8 Å². The van der Waals surface area contributed by atoms with E-state index in [1.54, 1.807) is 43.4 Å². The fourth-order valence-corrected chi connectivity index (χ4v) is 2.28. The SMILES string of the molecule is CN(C(=O)COc1ccc(Cl)cc1)c1ccc2c(c1)OCCO2. The summed E-state index contributed by atoms with van der Waals surface area (Å²) in [5.41, 5.74) is 0.721. The number of anilines is 1. The van der Waals surface area contributed by atoms with E-state index in [1.165, 1.54) is 4.90 Å². The number of carbonyl (C=O) groups excluding carboxylic acids is 1. The number of amides is 1. The molecule has 5 nitrogen and oxygen atoms in total. The van der Waals surface area contributed by atoms with Gasteiger partial charge >= 0.3 is 0 Å². The molecule has 0 atom stereocenters. The minimum Gasteiger partial charge on any atom is -0.486 e. The van der Waals surface area contributed by atoms with Gasteiger partial charge in [0.05, 0.1) is 0 Å². The van der Waals surface area contributed by atoms with E-state index in [4.69, 9.17) is 25.8 Å². The number of hydrogen-bond donors (Lipinski definition) is 0. The molecule has 1 amide bonds. The third-order valence-corrected chi connectivity index (χ3v) is 3.72. The molecule has 3 rings (SSSR count). The Labute approximate surface area is 139 Å². The number of fused-ring (bicyclic) bond motifs is 1. The molecule has 1 aliphatic heterocycles. The molecule has 0 saturated heterocycles. The molecule has 0 N–H and O–H groups in total. The number of halogens is 1. The summed E-state index contributed by atoms with van der Waals surface area (Å²) in [7, 11) is 1.69. The molecule has 1 aliphatic rings. The Morgan fingerprint density at radius 3 is 2.57 bits per heavy atom. The fraction of sp³-hybridized carbons (Fsp3) is 0.235. The van der Waals surface area contributed by atoms with Gasteiger partial charge in [0.15, 0.2) is 18.1 Å². The van der Waals surface area contributed by atoms with Gasteiger partial charge in [-0.15, -0.1) is 0 Å². The summed E-state index contributed by atoms with van der Waals surface area (Å²) in [4.78, 5) is 13.8. The molecule has 2 aromatic carbocycles. The number of nitrogens with zero attached hydrogens (tertiary/aromatic N) is 1. The zero-order valence-corrected chi connectivity index (χ0v) is 13.4. The third kappa shape index (κ3) is 3.68. The van der Waals surface area contributed by atoms with Gasteiger partial charge in [-0.2, -0.15) is 0 Å². The topological polar surface area (TPSA) is 48.0 Å². The maximum Gasteiger partial charge on any atom is 0.264 e. The molecule has 2 aromatic rings. The van der Waals surface area contributed by atoms with Crippen LogP contribution < -0.4 is 19.1 Å². The average Bonchev–Trinajstić information content (AvgIpc) is 2.60. The number of carbonyl (C=O) groups is 1. The van der Waals surface area contributed by atoms with Crippen LogP contribution in [0.2, 0.25) is 5.02 Å². The quantitative estimate of drug-likeness (QED) is 0.862. The minimum absolute atomic E-state index is 0.0629. The predicted octanol–water partition coefficient (Wildman–Crippen LogP) is 3.15. The molecule has 120 valence electrons. The molecule has 0 aliphatic carbocycles. The van der Waals surface area contributed by atoms with E-state index in [2.05, 4.69) is 0 Å². The van der Waals surface area contributed by atoms with E-state index in [9.17, 15) is 4.79 Å². The lowest BCUT2D eigenvalue weighted by Gasteiger charge is -2.22. The molecule has 0 radical (unpaired) electrons. The van der Waals surface area contributed by atoms with E-state index >= 15 is 0 Å². The highest BCUT2D eigenvalue weighted by molar-refractivity contribution is 6.30. The Bertz CT molecular complexity index is 702. The largest absolute Gasteiger partial charge is 0.486 e. The zero-order chi connectivity index (χ0) is 16.2. The summed E-state index contributed by atoms with van der Waals surface area (Å²) < 4.78 is 16.5. The highest BCUT2D eigenvalue weighted by Gasteiger charge is 2.17. The second-order valence-electron chi connectivity index (χ2n) is 5.02. The van der Waals surface area contributed by atoms with E-state index in [0.29, 0.717) is 35.5 Å². The molecule has 6 heteroatoms. The lowest BCUT2D eigenvalue weighted by molar-refractivity contribution is -0.120. The van der Waals surface area contributed by atoms with Crippen molar-refractivity contribution in [3.63, 3.8) is 0 Å². The molecule has 23 heavy (non-hydrogen) atoms. The van der Waals surface area contributed by atoms with Gasteiger partial charge in [-0.25, -0.2) is 0 Å². The molecule has 0 aromatic heterocycles. The smallest absolute Gasteiger partial charge is 0.264 e. The maximum atomic E-state index is 12.3. The second-order valence-corrected chi connectivity index (χ2v) is 5.46. The Morgan fingerprint density at radius 1 is 1.13 bits per heavy atom. The lowest BCUT2D eigenvalue weighted by atomic mass is 10.2. The van der Waals surface area contributed by atoms with Crippen LogP contribution in [0.25, 0.3) is 0 Å². The summed E-state index contributed by atoms with van der Waals surface area (Å²) in [6.45, 7) is 0.983. The summed E-state index contributed by atoms with van der Waals surface area (Å²) >= 11 is 5.81. The van der Waals surface area contributed by atoms with Crippen molar-refractivity contribution in [2.24, 2.45) is 0 Å². The Morgan fingerprint density at radius 2 is 1.83 bits per heavy atom. The third-order valence-electron chi connectivity index (χ3n) is 3.46. The van der Waals surface area contributed by atoms with Crippen molar-refractivity contribution in [1.82, 2.24) is 0 Å². The van der Waals surface area contributed by atoms with Crippen LogP contribution in [0.5, 0.6) is 17.2 Å². The van der Waals surface area contributed by atoms with Crippen LogP contribution in [-0.2, 0) is 4.79 Å². The molecular formula is C17H16ClNO4. The van der Waals surface area contributed by atoms with Crippen LogP contribution in [0.4, 0.5) is 5.69 Å². The van der Waals surface area contributed by atoms with Crippen molar-refractivity contribution in [1.29, 1.82) is 0 Å². The first-order valence-electron chi connectivity index (χ1n) is 7.18. The van der Waals surface area contributed by atoms with E-state index in [-0.39, 0.29) is 12.5 Å². The molecule has 0 unspecified atom stereocenters. The van der Waals surface area contributed by atoms with E-state index < -0.39 is 0 Å².